The first-order valence-electron chi connectivity index (χ1n) is 8.65. The second-order valence-electron chi connectivity index (χ2n) is 5.68. The van der Waals surface area contributed by atoms with E-state index in [1.54, 1.807) is 31.4 Å². The molecule has 0 atom stereocenters. The number of nitrogens with one attached hydrogen (secondary N) is 1. The lowest BCUT2D eigenvalue weighted by Crippen LogP contribution is -2.38. The summed E-state index contributed by atoms with van der Waals surface area (Å²) in [6.45, 7) is 7.25. The molecule has 1 aromatic rings. The van der Waals surface area contributed by atoms with Crippen molar-refractivity contribution in [3.63, 3.8) is 0 Å². The number of ether oxygens (including phenoxy) is 3. The average Bonchev–Trinajstić information content (AvgIpc) is 2.66. The molecule has 1 fully saturated rings. The first-order chi connectivity index (χ1) is 12.2. The van der Waals surface area contributed by atoms with Gasteiger partial charge in [-0.25, -0.2) is 4.99 Å². The molecule has 1 aliphatic rings. The van der Waals surface area contributed by atoms with Crippen LogP contribution in [-0.2, 0) is 9.47 Å². The van der Waals surface area contributed by atoms with Gasteiger partial charge in [-0.15, -0.1) is 0 Å². The molecule has 0 radical (unpaired) electrons. The number of carbonyl (C=O) groups is 1. The minimum atomic E-state index is -0.264. The molecular formula is C18H27N3O4. The zero-order chi connectivity index (χ0) is 17.9. The molecule has 1 amide bonds. The molecule has 0 saturated carbocycles. The molecule has 1 aromatic carbocycles. The maximum Gasteiger partial charge on any atom is 0.291 e. The molecule has 0 aromatic heterocycles. The molecule has 25 heavy (non-hydrogen) atoms. The van der Waals surface area contributed by atoms with Crippen LogP contribution in [0.25, 0.3) is 0 Å². The van der Waals surface area contributed by atoms with Crippen LogP contribution in [0.15, 0.2) is 29.3 Å². The van der Waals surface area contributed by atoms with E-state index in [0.29, 0.717) is 24.5 Å². The standard InChI is InChI=1S/C18H27N3O4/c1-3-11-25-18(19-7-8-21-9-12-24-13-10-21)20-17(22)15-5-4-6-16(14-15)23-2/h4-6,14H,3,7-13H2,1-2H3,(H,19,20,22). The predicted octanol–water partition coefficient (Wildman–Crippen LogP) is 1.54. The lowest BCUT2D eigenvalue weighted by atomic mass is 10.2. The van der Waals surface area contributed by atoms with Gasteiger partial charge in [-0.05, 0) is 24.6 Å². The molecule has 1 N–H and O–H groups in total. The Hall–Kier alpha value is -2.12. The Kier molecular flexibility index (Phi) is 8.21. The Morgan fingerprint density at radius 2 is 2.16 bits per heavy atom. The fourth-order valence-corrected chi connectivity index (χ4v) is 2.37. The SMILES string of the molecule is CCCOC(=NCCN1CCOCC1)NC(=O)c1cccc(OC)c1. The first-order valence-corrected chi connectivity index (χ1v) is 8.65. The Morgan fingerprint density at radius 3 is 2.88 bits per heavy atom. The van der Waals surface area contributed by atoms with Gasteiger partial charge in [0.25, 0.3) is 11.9 Å². The molecule has 0 spiro atoms. The highest BCUT2D eigenvalue weighted by atomic mass is 16.5. The molecule has 1 aliphatic heterocycles. The van der Waals surface area contributed by atoms with Gasteiger partial charge in [0.2, 0.25) is 0 Å². The van der Waals surface area contributed by atoms with Crippen molar-refractivity contribution < 1.29 is 19.0 Å². The predicted molar refractivity (Wildman–Crippen MR) is 96.3 cm³/mol. The molecular weight excluding hydrogens is 322 g/mol. The highest BCUT2D eigenvalue weighted by Crippen LogP contribution is 2.12. The number of morpholine rings is 1. The van der Waals surface area contributed by atoms with Gasteiger partial charge in [-0.1, -0.05) is 13.0 Å². The van der Waals surface area contributed by atoms with Crippen LogP contribution in [0.3, 0.4) is 0 Å². The minimum Gasteiger partial charge on any atom is -0.497 e. The number of hydrogen-bond acceptors (Lipinski definition) is 6. The van der Waals surface area contributed by atoms with E-state index in [1.165, 1.54) is 0 Å². The first kappa shape index (κ1) is 19.2. The molecule has 7 nitrogen and oxygen atoms in total. The third kappa shape index (κ3) is 6.72. The highest BCUT2D eigenvalue weighted by molar-refractivity contribution is 6.04. The Morgan fingerprint density at radius 1 is 1.36 bits per heavy atom. The van der Waals surface area contributed by atoms with Crippen LogP contribution in [0.2, 0.25) is 0 Å². The van der Waals surface area contributed by atoms with Crippen molar-refractivity contribution in [3.05, 3.63) is 29.8 Å². The third-order valence-electron chi connectivity index (χ3n) is 3.77. The molecule has 138 valence electrons. The molecule has 2 rings (SSSR count). The maximum absolute atomic E-state index is 12.4. The Bertz CT molecular complexity index is 571. The number of amidine groups is 1. The van der Waals surface area contributed by atoms with Crippen LogP contribution in [0.4, 0.5) is 0 Å². The largest absolute Gasteiger partial charge is 0.497 e. The number of aliphatic imine (C=N–C) groups is 1. The van der Waals surface area contributed by atoms with Crippen LogP contribution < -0.4 is 10.1 Å². The number of carbonyl (C=O) groups excluding carboxylic acids is 1. The molecule has 1 heterocycles. The van der Waals surface area contributed by atoms with Crippen molar-refractivity contribution in [2.24, 2.45) is 4.99 Å². The van der Waals surface area contributed by atoms with Crippen molar-refractivity contribution >= 4 is 11.9 Å². The van der Waals surface area contributed by atoms with E-state index in [9.17, 15) is 4.79 Å². The van der Waals surface area contributed by atoms with Gasteiger partial charge in [-0.3, -0.25) is 15.0 Å². The maximum atomic E-state index is 12.4. The van der Waals surface area contributed by atoms with Gasteiger partial charge in [0, 0.05) is 25.2 Å². The second kappa shape index (κ2) is 10.7. The molecule has 0 unspecified atom stereocenters. The van der Waals surface area contributed by atoms with Crippen molar-refractivity contribution in [2.45, 2.75) is 13.3 Å². The quantitative estimate of drug-likeness (QED) is 0.597. The average molecular weight is 349 g/mol. The van der Waals surface area contributed by atoms with E-state index in [2.05, 4.69) is 15.2 Å². The molecule has 1 saturated heterocycles. The summed E-state index contributed by atoms with van der Waals surface area (Å²) >= 11 is 0. The molecule has 0 aliphatic carbocycles. The number of benzene rings is 1. The zero-order valence-electron chi connectivity index (χ0n) is 15.0. The minimum absolute atomic E-state index is 0.264. The number of hydrogen-bond donors (Lipinski definition) is 1. The highest BCUT2D eigenvalue weighted by Gasteiger charge is 2.12. The number of methoxy groups -OCH3 is 1. The summed E-state index contributed by atoms with van der Waals surface area (Å²) in [6.07, 6.45) is 0.845. The van der Waals surface area contributed by atoms with Gasteiger partial charge >= 0.3 is 0 Å². The van der Waals surface area contributed by atoms with Crippen LogP contribution >= 0.6 is 0 Å². The second-order valence-corrected chi connectivity index (χ2v) is 5.68. The van der Waals surface area contributed by atoms with Gasteiger partial charge in [0.05, 0.1) is 33.5 Å². The fourth-order valence-electron chi connectivity index (χ4n) is 2.37. The summed E-state index contributed by atoms with van der Waals surface area (Å²) in [5, 5.41) is 2.75. The molecule has 7 heteroatoms. The third-order valence-corrected chi connectivity index (χ3v) is 3.77. The van der Waals surface area contributed by atoms with Gasteiger partial charge in [0.1, 0.15) is 5.75 Å². The van der Waals surface area contributed by atoms with Crippen molar-refractivity contribution in [1.82, 2.24) is 10.2 Å². The summed E-state index contributed by atoms with van der Waals surface area (Å²) < 4.78 is 16.1. The number of nitrogens with zero attached hydrogens (tertiary/aromatic N) is 2. The van der Waals surface area contributed by atoms with Gasteiger partial charge in [-0.2, -0.15) is 0 Å². The lowest BCUT2D eigenvalue weighted by Gasteiger charge is -2.25. The topological polar surface area (TPSA) is 72.4 Å². The van der Waals surface area contributed by atoms with E-state index < -0.39 is 0 Å². The smallest absolute Gasteiger partial charge is 0.291 e. The van der Waals surface area contributed by atoms with E-state index in [-0.39, 0.29) is 11.9 Å². The van der Waals surface area contributed by atoms with Crippen molar-refractivity contribution in [1.29, 1.82) is 0 Å². The van der Waals surface area contributed by atoms with Crippen molar-refractivity contribution in [3.8, 4) is 5.75 Å². The van der Waals surface area contributed by atoms with Crippen LogP contribution in [-0.4, -0.2) is 69.9 Å². The Labute approximate surface area is 149 Å². The summed E-state index contributed by atoms with van der Waals surface area (Å²) in [5.74, 6) is 0.369. The summed E-state index contributed by atoms with van der Waals surface area (Å²) in [7, 11) is 1.57. The van der Waals surface area contributed by atoms with E-state index in [0.717, 1.165) is 39.3 Å². The van der Waals surface area contributed by atoms with Gasteiger partial charge in [0.15, 0.2) is 0 Å². The van der Waals surface area contributed by atoms with E-state index in [1.807, 2.05) is 6.92 Å². The fraction of sp³-hybridized carbons (Fsp3) is 0.556. The number of amides is 1. The summed E-state index contributed by atoms with van der Waals surface area (Å²) in [5.41, 5.74) is 0.500. The van der Waals surface area contributed by atoms with E-state index in [4.69, 9.17) is 14.2 Å². The van der Waals surface area contributed by atoms with Crippen LogP contribution in [0.1, 0.15) is 23.7 Å². The summed E-state index contributed by atoms with van der Waals surface area (Å²) in [6, 6.07) is 7.24. The normalized spacial score (nSPS) is 15.7. The van der Waals surface area contributed by atoms with Crippen LogP contribution in [0.5, 0.6) is 5.75 Å². The van der Waals surface area contributed by atoms with Crippen molar-refractivity contribution in [2.75, 3.05) is 53.1 Å². The summed E-state index contributed by atoms with van der Waals surface area (Å²) in [4.78, 5) is 19.1. The molecule has 0 bridgehead atoms. The number of rotatable bonds is 7. The van der Waals surface area contributed by atoms with E-state index >= 15 is 0 Å². The monoisotopic (exact) mass is 349 g/mol. The zero-order valence-corrected chi connectivity index (χ0v) is 15.0. The Balaban J connectivity index is 1.92. The van der Waals surface area contributed by atoms with Crippen LogP contribution in [0, 0.1) is 0 Å². The van der Waals surface area contributed by atoms with Gasteiger partial charge < -0.3 is 14.2 Å². The lowest BCUT2D eigenvalue weighted by molar-refractivity contribution is 0.0394.